The molecule has 10 heteroatoms. The predicted molar refractivity (Wildman–Crippen MR) is 100 cm³/mol. The molecule has 1 atom stereocenters. The van der Waals surface area contributed by atoms with Gasteiger partial charge in [0, 0.05) is 45.5 Å². The van der Waals surface area contributed by atoms with E-state index < -0.39 is 15.8 Å². The van der Waals surface area contributed by atoms with Gasteiger partial charge in [0.1, 0.15) is 0 Å². The van der Waals surface area contributed by atoms with Crippen molar-refractivity contribution in [1.29, 1.82) is 0 Å². The Morgan fingerprint density at radius 3 is 2.85 bits per heavy atom. The first-order valence-corrected chi connectivity index (χ1v) is 10.2. The molecule has 0 saturated carbocycles. The summed E-state index contributed by atoms with van der Waals surface area (Å²) in [6, 6.07) is 4.25. The molecule has 0 unspecified atom stereocenters. The molecule has 144 valence electrons. The summed E-state index contributed by atoms with van der Waals surface area (Å²) in [4.78, 5) is 13.8. The fourth-order valence-corrected chi connectivity index (χ4v) is 4.72. The number of aryl methyl sites for hydroxylation is 2. The molecule has 27 heavy (non-hydrogen) atoms. The monoisotopic (exact) mass is 391 g/mol. The Balaban J connectivity index is 1.55. The van der Waals surface area contributed by atoms with Crippen LogP contribution in [0.4, 0.5) is 5.69 Å². The van der Waals surface area contributed by atoms with Crippen LogP contribution in [-0.2, 0) is 24.1 Å². The van der Waals surface area contributed by atoms with E-state index in [9.17, 15) is 13.2 Å². The summed E-state index contributed by atoms with van der Waals surface area (Å²) in [7, 11) is -0.292. The van der Waals surface area contributed by atoms with E-state index in [0.717, 1.165) is 25.1 Å². The van der Waals surface area contributed by atoms with Crippen LogP contribution < -0.4 is 15.4 Å². The Kier molecular flexibility index (Phi) is 4.31. The summed E-state index contributed by atoms with van der Waals surface area (Å²) in [5.41, 5.74) is 1.79. The lowest BCUT2D eigenvalue weighted by Gasteiger charge is -2.33. The normalized spacial score (nSPS) is 18.3. The first-order chi connectivity index (χ1) is 12.8. The summed E-state index contributed by atoms with van der Waals surface area (Å²) in [5, 5.41) is 4.18. The number of piperidine rings is 1. The summed E-state index contributed by atoms with van der Waals surface area (Å²) in [5.74, 6) is -0.521. The van der Waals surface area contributed by atoms with E-state index in [1.165, 1.54) is 16.7 Å². The maximum absolute atomic E-state index is 12.8. The minimum absolute atomic E-state index is 0.0860. The van der Waals surface area contributed by atoms with Crippen LogP contribution in [-0.4, -0.2) is 41.9 Å². The third-order valence-corrected chi connectivity index (χ3v) is 6.39. The Bertz CT molecular complexity index is 1140. The standard InChI is InChI=1S/C17H21N5O4S/c1-20-11-13(9-18-20)22-7-3-4-12(10-22)19-27(24,25)14-5-6-15-16(8-14)26-17(23)21(15)2/h5-6,8-9,11-12,19H,3-4,7,10H2,1-2H3/t12-/m1/s1. The molecule has 1 N–H and O–H groups in total. The van der Waals surface area contributed by atoms with Crippen molar-refractivity contribution in [3.8, 4) is 0 Å². The Morgan fingerprint density at radius 2 is 2.11 bits per heavy atom. The highest BCUT2D eigenvalue weighted by atomic mass is 32.2. The average Bonchev–Trinajstić information content (AvgIpc) is 3.18. The molecule has 4 rings (SSSR count). The Labute approximate surface area is 156 Å². The van der Waals surface area contributed by atoms with E-state index >= 15 is 0 Å². The molecule has 1 aromatic carbocycles. The number of fused-ring (bicyclic) bond motifs is 1. The molecule has 1 fully saturated rings. The molecule has 0 radical (unpaired) electrons. The molecule has 1 aliphatic heterocycles. The molecule has 2 aromatic heterocycles. The van der Waals surface area contributed by atoms with Gasteiger partial charge in [0.25, 0.3) is 0 Å². The molecule has 9 nitrogen and oxygen atoms in total. The molecular formula is C17H21N5O4S. The van der Waals surface area contributed by atoms with E-state index in [2.05, 4.69) is 14.7 Å². The van der Waals surface area contributed by atoms with Crippen LogP contribution in [0.1, 0.15) is 12.8 Å². The van der Waals surface area contributed by atoms with Crippen molar-refractivity contribution >= 4 is 26.8 Å². The molecular weight excluding hydrogens is 370 g/mol. The van der Waals surface area contributed by atoms with Crippen LogP contribution in [0.5, 0.6) is 0 Å². The number of aromatic nitrogens is 3. The van der Waals surface area contributed by atoms with Crippen molar-refractivity contribution in [3.05, 3.63) is 41.1 Å². The smallest absolute Gasteiger partial charge is 0.408 e. The number of nitrogens with one attached hydrogen (secondary N) is 1. The van der Waals surface area contributed by atoms with Crippen LogP contribution in [0.25, 0.3) is 11.1 Å². The number of hydrogen-bond donors (Lipinski definition) is 1. The van der Waals surface area contributed by atoms with Crippen molar-refractivity contribution in [2.24, 2.45) is 14.1 Å². The lowest BCUT2D eigenvalue weighted by molar-refractivity contribution is 0.466. The van der Waals surface area contributed by atoms with Crippen molar-refractivity contribution in [2.75, 3.05) is 18.0 Å². The first kappa shape index (κ1) is 17.8. The number of nitrogens with zero attached hydrogens (tertiary/aromatic N) is 4. The van der Waals surface area contributed by atoms with E-state index in [4.69, 9.17) is 4.42 Å². The largest absolute Gasteiger partial charge is 0.419 e. The van der Waals surface area contributed by atoms with E-state index in [1.807, 2.05) is 13.2 Å². The molecule has 0 spiro atoms. The predicted octanol–water partition coefficient (Wildman–Crippen LogP) is 0.812. The zero-order valence-corrected chi connectivity index (χ0v) is 15.9. The van der Waals surface area contributed by atoms with Crippen molar-refractivity contribution in [3.63, 3.8) is 0 Å². The van der Waals surface area contributed by atoms with Gasteiger partial charge in [0.2, 0.25) is 10.0 Å². The molecule has 1 saturated heterocycles. The fourth-order valence-electron chi connectivity index (χ4n) is 3.45. The van der Waals surface area contributed by atoms with Gasteiger partial charge in [-0.15, -0.1) is 0 Å². The number of sulfonamides is 1. The average molecular weight is 391 g/mol. The zero-order valence-electron chi connectivity index (χ0n) is 15.1. The van der Waals surface area contributed by atoms with Gasteiger partial charge in [-0.25, -0.2) is 17.9 Å². The highest BCUT2D eigenvalue weighted by Gasteiger charge is 2.26. The SMILES string of the molecule is Cn1cc(N2CCC[C@@H](NS(=O)(=O)c3ccc4c(c3)oc(=O)n4C)C2)cn1. The highest BCUT2D eigenvalue weighted by Crippen LogP contribution is 2.22. The van der Waals surface area contributed by atoms with Gasteiger partial charge in [-0.3, -0.25) is 9.25 Å². The van der Waals surface area contributed by atoms with E-state index in [-0.39, 0.29) is 16.5 Å². The van der Waals surface area contributed by atoms with Crippen molar-refractivity contribution < 1.29 is 12.8 Å². The number of anilines is 1. The number of oxazole rings is 1. The number of benzene rings is 1. The second kappa shape index (κ2) is 6.54. The van der Waals surface area contributed by atoms with Gasteiger partial charge in [-0.2, -0.15) is 5.10 Å². The van der Waals surface area contributed by atoms with Gasteiger partial charge in [0.05, 0.1) is 22.3 Å². The summed E-state index contributed by atoms with van der Waals surface area (Å²) in [6.07, 6.45) is 5.35. The van der Waals surface area contributed by atoms with Gasteiger partial charge in [-0.1, -0.05) is 0 Å². The minimum atomic E-state index is -3.72. The lowest BCUT2D eigenvalue weighted by Crippen LogP contribution is -2.47. The van der Waals surface area contributed by atoms with E-state index in [1.54, 1.807) is 24.0 Å². The zero-order chi connectivity index (χ0) is 19.2. The van der Waals surface area contributed by atoms with E-state index in [0.29, 0.717) is 12.1 Å². The highest BCUT2D eigenvalue weighted by molar-refractivity contribution is 7.89. The van der Waals surface area contributed by atoms with Gasteiger partial charge >= 0.3 is 5.76 Å². The van der Waals surface area contributed by atoms with Crippen LogP contribution in [0.2, 0.25) is 0 Å². The van der Waals surface area contributed by atoms with Crippen LogP contribution in [0.3, 0.4) is 0 Å². The molecule has 0 aliphatic carbocycles. The van der Waals surface area contributed by atoms with Gasteiger partial charge in [-0.05, 0) is 25.0 Å². The maximum atomic E-state index is 12.8. The third kappa shape index (κ3) is 3.37. The molecule has 3 heterocycles. The molecule has 0 bridgehead atoms. The second-order valence-electron chi connectivity index (χ2n) is 6.84. The minimum Gasteiger partial charge on any atom is -0.408 e. The Hall–Kier alpha value is -2.59. The summed E-state index contributed by atoms with van der Waals surface area (Å²) >= 11 is 0. The first-order valence-electron chi connectivity index (χ1n) is 8.69. The van der Waals surface area contributed by atoms with Crippen molar-refractivity contribution in [2.45, 2.75) is 23.8 Å². The number of hydrogen-bond acceptors (Lipinski definition) is 6. The van der Waals surface area contributed by atoms with Crippen LogP contribution in [0, 0.1) is 0 Å². The van der Waals surface area contributed by atoms with Crippen LogP contribution in [0.15, 0.2) is 44.7 Å². The van der Waals surface area contributed by atoms with Crippen LogP contribution >= 0.6 is 0 Å². The van der Waals surface area contributed by atoms with Gasteiger partial charge < -0.3 is 9.32 Å². The van der Waals surface area contributed by atoms with Gasteiger partial charge in [0.15, 0.2) is 5.58 Å². The number of rotatable bonds is 4. The quantitative estimate of drug-likeness (QED) is 0.706. The molecule has 3 aromatic rings. The summed E-state index contributed by atoms with van der Waals surface area (Å²) in [6.45, 7) is 1.44. The summed E-state index contributed by atoms with van der Waals surface area (Å²) < 4.78 is 36.6. The fraction of sp³-hybridized carbons (Fsp3) is 0.412. The maximum Gasteiger partial charge on any atom is 0.419 e. The third-order valence-electron chi connectivity index (χ3n) is 4.87. The Morgan fingerprint density at radius 1 is 1.30 bits per heavy atom. The second-order valence-corrected chi connectivity index (χ2v) is 8.55. The lowest BCUT2D eigenvalue weighted by atomic mass is 10.1. The topological polar surface area (TPSA) is 102 Å². The molecule has 0 amide bonds. The van der Waals surface area contributed by atoms with Crippen molar-refractivity contribution in [1.82, 2.24) is 19.1 Å². The molecule has 1 aliphatic rings.